The minimum atomic E-state index is -0.683. The summed E-state index contributed by atoms with van der Waals surface area (Å²) >= 11 is 0. The van der Waals surface area contributed by atoms with E-state index in [0.717, 1.165) is 0 Å². The molecule has 0 aliphatic rings. The molecule has 0 fully saturated rings. The third-order valence-electron chi connectivity index (χ3n) is 1.83. The van der Waals surface area contributed by atoms with Gasteiger partial charge in [0.25, 0.3) is 5.91 Å². The molecule has 0 radical (unpaired) electrons. The first-order valence-electron chi connectivity index (χ1n) is 4.88. The summed E-state index contributed by atoms with van der Waals surface area (Å²) in [6.45, 7) is 4.49. The molecule has 6 nitrogen and oxygen atoms in total. The molecule has 0 heterocycles. The van der Waals surface area contributed by atoms with Crippen LogP contribution in [0, 0.1) is 0 Å². The second kappa shape index (κ2) is 6.60. The summed E-state index contributed by atoms with van der Waals surface area (Å²) in [6.07, 6.45) is 1.48. The monoisotopic (exact) mass is 227 g/mol. The zero-order valence-corrected chi connectivity index (χ0v) is 9.88. The topological polar surface area (TPSA) is 87.3 Å². The van der Waals surface area contributed by atoms with E-state index in [1.807, 2.05) is 0 Å². The molecular formula is C10H17N3O3. The molecule has 0 unspecified atom stereocenters. The molecule has 1 atom stereocenters. The summed E-state index contributed by atoms with van der Waals surface area (Å²) < 4.78 is 0. The zero-order valence-electron chi connectivity index (χ0n) is 9.88. The highest BCUT2D eigenvalue weighted by Crippen LogP contribution is 1.91. The lowest BCUT2D eigenvalue weighted by Crippen LogP contribution is -2.45. The Labute approximate surface area is 94.5 Å². The molecule has 0 spiro atoms. The first-order chi connectivity index (χ1) is 7.42. The van der Waals surface area contributed by atoms with Gasteiger partial charge < -0.3 is 16.0 Å². The van der Waals surface area contributed by atoms with Gasteiger partial charge in [-0.15, -0.1) is 0 Å². The molecule has 0 rings (SSSR count). The van der Waals surface area contributed by atoms with Crippen molar-refractivity contribution in [1.82, 2.24) is 16.0 Å². The van der Waals surface area contributed by atoms with Crippen LogP contribution in [-0.2, 0) is 14.4 Å². The van der Waals surface area contributed by atoms with E-state index in [4.69, 9.17) is 0 Å². The Balaban J connectivity index is 4.43. The van der Waals surface area contributed by atoms with Gasteiger partial charge in [0.1, 0.15) is 11.7 Å². The summed E-state index contributed by atoms with van der Waals surface area (Å²) in [5.41, 5.74) is 0.157. The molecule has 0 aromatic heterocycles. The Morgan fingerprint density at radius 3 is 2.19 bits per heavy atom. The molecule has 0 aromatic rings. The van der Waals surface area contributed by atoms with Crippen molar-refractivity contribution < 1.29 is 14.4 Å². The molecule has 3 N–H and O–H groups in total. The number of likely N-dealkylation sites (N-methyl/N-ethyl adjacent to an activating group) is 1. The number of carbonyl (C=O) groups excluding carboxylic acids is 3. The largest absolute Gasteiger partial charge is 0.354 e. The van der Waals surface area contributed by atoms with Crippen LogP contribution in [0.4, 0.5) is 0 Å². The van der Waals surface area contributed by atoms with Crippen molar-refractivity contribution in [2.75, 3.05) is 7.05 Å². The van der Waals surface area contributed by atoms with E-state index in [2.05, 4.69) is 16.0 Å². The SMILES string of the molecule is C/C=C(\NC(=O)[C@H](C)NC(C)=O)C(=O)NC. The van der Waals surface area contributed by atoms with Crippen molar-refractivity contribution in [3.63, 3.8) is 0 Å². The van der Waals surface area contributed by atoms with Crippen LogP contribution in [0.15, 0.2) is 11.8 Å². The Morgan fingerprint density at radius 1 is 1.25 bits per heavy atom. The van der Waals surface area contributed by atoms with Gasteiger partial charge in [-0.2, -0.15) is 0 Å². The molecule has 0 saturated carbocycles. The molecule has 0 bridgehead atoms. The Hall–Kier alpha value is -1.85. The molecule has 0 saturated heterocycles. The normalized spacial score (nSPS) is 12.6. The van der Waals surface area contributed by atoms with Gasteiger partial charge in [0, 0.05) is 14.0 Å². The van der Waals surface area contributed by atoms with E-state index in [0.29, 0.717) is 0 Å². The fourth-order valence-electron chi connectivity index (χ4n) is 1.01. The maximum absolute atomic E-state index is 11.5. The van der Waals surface area contributed by atoms with Crippen LogP contribution in [0.3, 0.4) is 0 Å². The van der Waals surface area contributed by atoms with Gasteiger partial charge in [-0.25, -0.2) is 0 Å². The van der Waals surface area contributed by atoms with Crippen LogP contribution in [0.1, 0.15) is 20.8 Å². The van der Waals surface area contributed by atoms with E-state index in [9.17, 15) is 14.4 Å². The predicted molar refractivity (Wildman–Crippen MR) is 59.2 cm³/mol. The molecular weight excluding hydrogens is 210 g/mol. The predicted octanol–water partition coefficient (Wildman–Crippen LogP) is -0.723. The van der Waals surface area contributed by atoms with E-state index in [-0.39, 0.29) is 17.5 Å². The van der Waals surface area contributed by atoms with Gasteiger partial charge in [0.05, 0.1) is 0 Å². The number of hydrogen-bond donors (Lipinski definition) is 3. The fraction of sp³-hybridized carbons (Fsp3) is 0.500. The number of allylic oxidation sites excluding steroid dienone is 1. The molecule has 0 aliphatic heterocycles. The smallest absolute Gasteiger partial charge is 0.267 e. The maximum Gasteiger partial charge on any atom is 0.267 e. The Bertz CT molecular complexity index is 323. The van der Waals surface area contributed by atoms with Crippen LogP contribution in [0.5, 0.6) is 0 Å². The van der Waals surface area contributed by atoms with Gasteiger partial charge >= 0.3 is 0 Å². The highest BCUT2D eigenvalue weighted by molar-refractivity contribution is 5.98. The van der Waals surface area contributed by atoms with Crippen molar-refractivity contribution in [3.8, 4) is 0 Å². The summed E-state index contributed by atoms with van der Waals surface area (Å²) in [6, 6.07) is -0.683. The lowest BCUT2D eigenvalue weighted by atomic mass is 10.3. The Kier molecular flexibility index (Phi) is 5.84. The standard InChI is InChI=1S/C10H17N3O3/c1-5-8(10(16)11-4)13-9(15)6(2)12-7(3)14/h5-6H,1-4H3,(H,11,16)(H,12,14)(H,13,15)/b8-5-/t6-/m0/s1. The van der Waals surface area contributed by atoms with Crippen molar-refractivity contribution in [1.29, 1.82) is 0 Å². The van der Waals surface area contributed by atoms with Crippen LogP contribution in [-0.4, -0.2) is 30.8 Å². The van der Waals surface area contributed by atoms with Gasteiger partial charge in [0.15, 0.2) is 0 Å². The molecule has 6 heteroatoms. The second-order valence-electron chi connectivity index (χ2n) is 3.19. The van der Waals surface area contributed by atoms with Crippen molar-refractivity contribution in [3.05, 3.63) is 11.8 Å². The summed E-state index contributed by atoms with van der Waals surface area (Å²) in [5.74, 6) is -1.12. The van der Waals surface area contributed by atoms with E-state index < -0.39 is 11.9 Å². The molecule has 0 aliphatic carbocycles. The summed E-state index contributed by atoms with van der Waals surface area (Å²) in [7, 11) is 1.47. The lowest BCUT2D eigenvalue weighted by Gasteiger charge is -2.13. The Morgan fingerprint density at radius 2 is 1.81 bits per heavy atom. The molecule has 16 heavy (non-hydrogen) atoms. The minimum Gasteiger partial charge on any atom is -0.354 e. The molecule has 90 valence electrons. The van der Waals surface area contributed by atoms with Gasteiger partial charge in [-0.1, -0.05) is 6.08 Å². The van der Waals surface area contributed by atoms with Crippen molar-refractivity contribution in [2.24, 2.45) is 0 Å². The summed E-state index contributed by atoms with van der Waals surface area (Å²) in [4.78, 5) is 33.5. The highest BCUT2D eigenvalue weighted by atomic mass is 16.2. The third kappa shape index (κ3) is 4.59. The fourth-order valence-corrected chi connectivity index (χ4v) is 1.01. The quantitative estimate of drug-likeness (QED) is 0.554. The minimum absolute atomic E-state index is 0.157. The maximum atomic E-state index is 11.5. The first-order valence-corrected chi connectivity index (χ1v) is 4.88. The van der Waals surface area contributed by atoms with Gasteiger partial charge in [-0.05, 0) is 13.8 Å². The van der Waals surface area contributed by atoms with E-state index >= 15 is 0 Å². The number of rotatable bonds is 4. The molecule has 0 aromatic carbocycles. The third-order valence-corrected chi connectivity index (χ3v) is 1.83. The van der Waals surface area contributed by atoms with E-state index in [1.54, 1.807) is 6.92 Å². The molecule has 3 amide bonds. The highest BCUT2D eigenvalue weighted by Gasteiger charge is 2.16. The average molecular weight is 227 g/mol. The zero-order chi connectivity index (χ0) is 12.7. The van der Waals surface area contributed by atoms with Crippen LogP contribution >= 0.6 is 0 Å². The van der Waals surface area contributed by atoms with Crippen molar-refractivity contribution >= 4 is 17.7 Å². The number of nitrogens with one attached hydrogen (secondary N) is 3. The average Bonchev–Trinajstić information content (AvgIpc) is 2.23. The first kappa shape index (κ1) is 14.2. The van der Waals surface area contributed by atoms with Crippen molar-refractivity contribution in [2.45, 2.75) is 26.8 Å². The second-order valence-corrected chi connectivity index (χ2v) is 3.19. The number of amides is 3. The summed E-state index contributed by atoms with van der Waals surface area (Å²) in [5, 5.41) is 7.23. The van der Waals surface area contributed by atoms with Crippen LogP contribution in [0.2, 0.25) is 0 Å². The number of hydrogen-bond acceptors (Lipinski definition) is 3. The number of carbonyl (C=O) groups is 3. The van der Waals surface area contributed by atoms with Crippen LogP contribution < -0.4 is 16.0 Å². The van der Waals surface area contributed by atoms with Gasteiger partial charge in [-0.3, -0.25) is 14.4 Å². The van der Waals surface area contributed by atoms with Crippen LogP contribution in [0.25, 0.3) is 0 Å². The lowest BCUT2D eigenvalue weighted by molar-refractivity contribution is -0.128. The van der Waals surface area contributed by atoms with E-state index in [1.165, 1.54) is 27.0 Å². The van der Waals surface area contributed by atoms with Gasteiger partial charge in [0.2, 0.25) is 11.8 Å².